The molecule has 4 rings (SSSR count). The predicted octanol–water partition coefficient (Wildman–Crippen LogP) is 3.44. The van der Waals surface area contributed by atoms with E-state index in [1.54, 1.807) is 0 Å². The smallest absolute Gasteiger partial charge is 0.324 e. The van der Waals surface area contributed by atoms with Crippen molar-refractivity contribution >= 4 is 29.0 Å². The number of nitrogens with zero attached hydrogens (tertiary/aromatic N) is 4. The van der Waals surface area contributed by atoms with Crippen LogP contribution in [0.5, 0.6) is 0 Å². The van der Waals surface area contributed by atoms with Crippen LogP contribution in [0.15, 0.2) is 69.6 Å². The predicted molar refractivity (Wildman–Crippen MR) is 112 cm³/mol. The highest BCUT2D eigenvalue weighted by Gasteiger charge is 2.16. The van der Waals surface area contributed by atoms with Crippen LogP contribution in [0.25, 0.3) is 5.65 Å². The quantitative estimate of drug-likeness (QED) is 0.532. The summed E-state index contributed by atoms with van der Waals surface area (Å²) in [7, 11) is 0. The van der Waals surface area contributed by atoms with Crippen LogP contribution in [0.4, 0.5) is 10.1 Å². The van der Waals surface area contributed by atoms with Gasteiger partial charge in [0.25, 0.3) is 0 Å². The zero-order valence-electron chi connectivity index (χ0n) is 16.3. The second kappa shape index (κ2) is 8.11. The number of benzene rings is 2. The first-order valence-corrected chi connectivity index (χ1v) is 9.97. The Morgan fingerprint density at radius 3 is 2.67 bits per heavy atom. The Balaban J connectivity index is 1.60. The number of carbonyl (C=O) groups excluding carboxylic acids is 1. The molecule has 9 heteroatoms. The van der Waals surface area contributed by atoms with Gasteiger partial charge in [-0.1, -0.05) is 29.5 Å². The molecule has 4 aromatic rings. The summed E-state index contributed by atoms with van der Waals surface area (Å²) in [6, 6.07) is 11.5. The van der Waals surface area contributed by atoms with E-state index in [9.17, 15) is 14.0 Å². The van der Waals surface area contributed by atoms with E-state index in [4.69, 9.17) is 0 Å². The molecule has 0 unspecified atom stereocenters. The van der Waals surface area contributed by atoms with Crippen LogP contribution in [-0.2, 0) is 11.3 Å². The lowest BCUT2D eigenvalue weighted by Crippen LogP contribution is -2.28. The lowest BCUT2D eigenvalue weighted by atomic mass is 10.2. The molecule has 0 fully saturated rings. The van der Waals surface area contributed by atoms with Gasteiger partial charge in [-0.2, -0.15) is 0 Å². The van der Waals surface area contributed by atoms with Crippen LogP contribution in [0.1, 0.15) is 11.1 Å². The minimum absolute atomic E-state index is 0.272. The van der Waals surface area contributed by atoms with Crippen molar-refractivity contribution < 1.29 is 9.18 Å². The number of fused-ring (bicyclic) bond motifs is 1. The maximum Gasteiger partial charge on any atom is 0.350 e. The largest absolute Gasteiger partial charge is 0.350 e. The van der Waals surface area contributed by atoms with Gasteiger partial charge in [-0.25, -0.2) is 23.3 Å². The molecule has 0 saturated heterocycles. The number of anilines is 1. The van der Waals surface area contributed by atoms with Gasteiger partial charge in [0.1, 0.15) is 17.4 Å². The number of hydrogen-bond donors (Lipinski definition) is 1. The fraction of sp³-hybridized carbons (Fsp3) is 0.143. The molecule has 7 nitrogen and oxygen atoms in total. The average Bonchev–Trinajstić information content (AvgIpc) is 3.02. The zero-order valence-corrected chi connectivity index (χ0v) is 17.1. The van der Waals surface area contributed by atoms with Crippen molar-refractivity contribution in [2.45, 2.75) is 30.3 Å². The molecule has 0 spiro atoms. The Labute approximate surface area is 175 Å². The SMILES string of the molecule is Cc1ccc(Sc2nccn3c(=O)n(CC(=O)Nc4ccc(F)cc4)nc23)c(C)c1. The number of amides is 1. The molecule has 2 aromatic carbocycles. The standard InChI is InChI=1S/C21H18FN5O2S/c1-13-3-8-17(14(2)11-13)30-20-19-25-27(21(29)26(19)10-9-23-20)12-18(28)24-16-6-4-15(22)5-7-16/h3-11H,12H2,1-2H3,(H,24,28). The van der Waals surface area contributed by atoms with Gasteiger partial charge in [0.15, 0.2) is 5.65 Å². The molecular weight excluding hydrogens is 405 g/mol. The molecule has 0 aliphatic rings. The van der Waals surface area contributed by atoms with Crippen molar-refractivity contribution in [3.05, 3.63) is 82.3 Å². The summed E-state index contributed by atoms with van der Waals surface area (Å²) in [5, 5.41) is 7.50. The monoisotopic (exact) mass is 423 g/mol. The van der Waals surface area contributed by atoms with Crippen molar-refractivity contribution in [3.8, 4) is 0 Å². The first kappa shape index (κ1) is 19.8. The van der Waals surface area contributed by atoms with E-state index in [0.29, 0.717) is 16.4 Å². The van der Waals surface area contributed by atoms with Crippen molar-refractivity contribution in [3.63, 3.8) is 0 Å². The molecule has 0 aliphatic heterocycles. The Morgan fingerprint density at radius 2 is 1.93 bits per heavy atom. The Kier molecular flexibility index (Phi) is 5.37. The second-order valence-corrected chi connectivity index (χ2v) is 7.82. The van der Waals surface area contributed by atoms with Crippen molar-refractivity contribution in [2.24, 2.45) is 0 Å². The molecule has 0 saturated carbocycles. The lowest BCUT2D eigenvalue weighted by molar-refractivity contribution is -0.117. The van der Waals surface area contributed by atoms with E-state index in [2.05, 4.69) is 21.5 Å². The Bertz CT molecular complexity index is 1300. The molecular formula is C21H18FN5O2S. The minimum Gasteiger partial charge on any atom is -0.324 e. The number of hydrogen-bond acceptors (Lipinski definition) is 5. The summed E-state index contributed by atoms with van der Waals surface area (Å²) >= 11 is 1.41. The van der Waals surface area contributed by atoms with E-state index >= 15 is 0 Å². The topological polar surface area (TPSA) is 81.3 Å². The number of nitrogens with one attached hydrogen (secondary N) is 1. The van der Waals surface area contributed by atoms with E-state index in [1.807, 2.05) is 26.0 Å². The molecule has 2 heterocycles. The third-order valence-corrected chi connectivity index (χ3v) is 5.59. The number of aromatic nitrogens is 4. The highest BCUT2D eigenvalue weighted by atomic mass is 32.2. The van der Waals surface area contributed by atoms with E-state index in [0.717, 1.165) is 20.7 Å². The van der Waals surface area contributed by atoms with E-state index in [-0.39, 0.29) is 6.54 Å². The third kappa shape index (κ3) is 4.11. The molecule has 2 aromatic heterocycles. The van der Waals surface area contributed by atoms with Gasteiger partial charge in [0.2, 0.25) is 5.91 Å². The number of halogens is 1. The summed E-state index contributed by atoms with van der Waals surface area (Å²) < 4.78 is 15.5. The third-order valence-electron chi connectivity index (χ3n) is 4.43. The fourth-order valence-electron chi connectivity index (χ4n) is 2.99. The molecule has 0 atom stereocenters. The van der Waals surface area contributed by atoms with Gasteiger partial charge in [0.05, 0.1) is 0 Å². The van der Waals surface area contributed by atoms with Crippen LogP contribution in [0.2, 0.25) is 0 Å². The fourth-order valence-corrected chi connectivity index (χ4v) is 3.90. The minimum atomic E-state index is -0.441. The van der Waals surface area contributed by atoms with Crippen molar-refractivity contribution in [1.82, 2.24) is 19.2 Å². The van der Waals surface area contributed by atoms with Crippen LogP contribution in [0.3, 0.4) is 0 Å². The number of aryl methyl sites for hydroxylation is 2. The zero-order chi connectivity index (χ0) is 21.3. The van der Waals surface area contributed by atoms with Crippen molar-refractivity contribution in [1.29, 1.82) is 0 Å². The summed E-state index contributed by atoms with van der Waals surface area (Å²) in [5.41, 5.74) is 2.64. The van der Waals surface area contributed by atoms with Crippen LogP contribution in [-0.4, -0.2) is 25.1 Å². The van der Waals surface area contributed by atoms with Gasteiger partial charge >= 0.3 is 5.69 Å². The van der Waals surface area contributed by atoms with Crippen LogP contribution >= 0.6 is 11.8 Å². The van der Waals surface area contributed by atoms with Gasteiger partial charge in [-0.05, 0) is 49.7 Å². The molecule has 0 radical (unpaired) electrons. The second-order valence-electron chi connectivity index (χ2n) is 6.79. The highest BCUT2D eigenvalue weighted by molar-refractivity contribution is 7.99. The molecule has 0 aliphatic carbocycles. The van der Waals surface area contributed by atoms with Crippen LogP contribution in [0, 0.1) is 19.7 Å². The first-order valence-electron chi connectivity index (χ1n) is 9.15. The summed E-state index contributed by atoms with van der Waals surface area (Å²) in [4.78, 5) is 30.4. The van der Waals surface area contributed by atoms with Gasteiger partial charge in [-0.3, -0.25) is 4.79 Å². The Hall–Kier alpha value is -3.46. The summed E-state index contributed by atoms with van der Waals surface area (Å²) in [6.45, 7) is 3.77. The highest BCUT2D eigenvalue weighted by Crippen LogP contribution is 2.31. The summed E-state index contributed by atoms with van der Waals surface area (Å²) in [5.74, 6) is -0.838. The molecule has 30 heavy (non-hydrogen) atoms. The normalized spacial score (nSPS) is 11.0. The van der Waals surface area contributed by atoms with Gasteiger partial charge in [0, 0.05) is 23.0 Å². The maximum absolute atomic E-state index is 13.0. The molecule has 1 amide bonds. The van der Waals surface area contributed by atoms with Crippen molar-refractivity contribution in [2.75, 3.05) is 5.32 Å². The van der Waals surface area contributed by atoms with Gasteiger partial charge in [-0.15, -0.1) is 5.10 Å². The average molecular weight is 423 g/mol. The maximum atomic E-state index is 13.0. The Morgan fingerprint density at radius 1 is 1.17 bits per heavy atom. The van der Waals surface area contributed by atoms with Gasteiger partial charge < -0.3 is 5.32 Å². The summed E-state index contributed by atoms with van der Waals surface area (Å²) in [6.07, 6.45) is 3.05. The lowest BCUT2D eigenvalue weighted by Gasteiger charge is -2.06. The number of rotatable bonds is 5. The first-order chi connectivity index (χ1) is 14.4. The molecule has 152 valence electrons. The van der Waals surface area contributed by atoms with Crippen LogP contribution < -0.4 is 11.0 Å². The molecule has 0 bridgehead atoms. The van der Waals surface area contributed by atoms with E-state index < -0.39 is 17.4 Å². The number of carbonyl (C=O) groups is 1. The molecule has 1 N–H and O–H groups in total. The van der Waals surface area contributed by atoms with E-state index in [1.165, 1.54) is 52.8 Å².